The molecule has 8 heteroatoms. The number of rotatable bonds is 8. The Balaban J connectivity index is 2.09. The average molecular weight is 431 g/mol. The van der Waals surface area contributed by atoms with Crippen molar-refractivity contribution in [2.45, 2.75) is 6.92 Å². The molecule has 0 radical (unpaired) electrons. The van der Waals surface area contributed by atoms with Crippen molar-refractivity contribution in [2.24, 2.45) is 0 Å². The largest absolute Gasteiger partial charge is 0.493 e. The van der Waals surface area contributed by atoms with E-state index in [0.29, 0.717) is 27.8 Å². The zero-order valence-corrected chi connectivity index (χ0v) is 18.0. The molecule has 0 aromatic heterocycles. The summed E-state index contributed by atoms with van der Waals surface area (Å²) in [4.78, 5) is 27.4. The quantitative estimate of drug-likeness (QED) is 0.646. The van der Waals surface area contributed by atoms with Crippen LogP contribution >= 0.6 is 11.6 Å². The number of imide groups is 1. The van der Waals surface area contributed by atoms with Gasteiger partial charge in [-0.15, -0.1) is 0 Å². The Labute approximate surface area is 180 Å². The molecule has 158 valence electrons. The summed E-state index contributed by atoms with van der Waals surface area (Å²) in [6.07, 6.45) is 0. The Kier molecular flexibility index (Phi) is 6.64. The highest BCUT2D eigenvalue weighted by atomic mass is 35.5. The van der Waals surface area contributed by atoms with Crippen molar-refractivity contribution < 1.29 is 23.8 Å². The number of hydrogen-bond acceptors (Lipinski definition) is 6. The highest BCUT2D eigenvalue weighted by Crippen LogP contribution is 2.36. The molecule has 30 heavy (non-hydrogen) atoms. The summed E-state index contributed by atoms with van der Waals surface area (Å²) in [6, 6.07) is 10.4. The molecule has 1 N–H and O–H groups in total. The number of carbonyl (C=O) groups excluding carboxylic acids is 2. The summed E-state index contributed by atoms with van der Waals surface area (Å²) in [5.41, 5.74) is 2.46. The van der Waals surface area contributed by atoms with Crippen LogP contribution < -0.4 is 14.8 Å². The van der Waals surface area contributed by atoms with E-state index in [0.717, 1.165) is 10.5 Å². The van der Waals surface area contributed by atoms with Crippen LogP contribution in [0.4, 0.5) is 5.69 Å². The van der Waals surface area contributed by atoms with Gasteiger partial charge in [-0.25, -0.2) is 0 Å². The van der Waals surface area contributed by atoms with E-state index in [1.807, 2.05) is 13.0 Å². The zero-order chi connectivity index (χ0) is 21.8. The van der Waals surface area contributed by atoms with Crippen LogP contribution in [-0.2, 0) is 14.3 Å². The molecule has 0 bridgehead atoms. The van der Waals surface area contributed by atoms with Gasteiger partial charge in [0, 0.05) is 17.8 Å². The predicted octanol–water partition coefficient (Wildman–Crippen LogP) is 3.50. The minimum atomic E-state index is -0.432. The second-order valence-corrected chi connectivity index (χ2v) is 7.07. The summed E-state index contributed by atoms with van der Waals surface area (Å²) in [7, 11) is 4.55. The first-order chi connectivity index (χ1) is 14.4. The molecule has 3 rings (SSSR count). The van der Waals surface area contributed by atoms with Crippen LogP contribution in [-0.4, -0.2) is 51.2 Å². The number of ether oxygens (including phenoxy) is 3. The lowest BCUT2D eigenvalue weighted by Gasteiger charge is -2.14. The molecule has 2 amide bonds. The number of anilines is 1. The maximum Gasteiger partial charge on any atom is 0.278 e. The third-order valence-corrected chi connectivity index (χ3v) is 5.21. The summed E-state index contributed by atoms with van der Waals surface area (Å²) in [6.45, 7) is 2.27. The number of methoxy groups -OCH3 is 3. The number of amides is 2. The number of halogens is 1. The van der Waals surface area contributed by atoms with E-state index in [4.69, 9.17) is 25.8 Å². The van der Waals surface area contributed by atoms with Crippen molar-refractivity contribution in [3.05, 3.63) is 58.2 Å². The van der Waals surface area contributed by atoms with Gasteiger partial charge in [0.25, 0.3) is 11.8 Å². The smallest absolute Gasteiger partial charge is 0.278 e. The van der Waals surface area contributed by atoms with Crippen LogP contribution in [0.1, 0.15) is 11.1 Å². The van der Waals surface area contributed by atoms with Gasteiger partial charge in [-0.3, -0.25) is 14.5 Å². The van der Waals surface area contributed by atoms with Gasteiger partial charge in [-0.05, 0) is 42.3 Å². The van der Waals surface area contributed by atoms with Gasteiger partial charge < -0.3 is 19.5 Å². The van der Waals surface area contributed by atoms with Crippen LogP contribution in [0, 0.1) is 6.92 Å². The Morgan fingerprint density at radius 1 is 0.967 bits per heavy atom. The number of nitrogens with one attached hydrogen (secondary N) is 1. The molecular formula is C22H23ClN2O5. The van der Waals surface area contributed by atoms with Gasteiger partial charge in [0.05, 0.1) is 32.9 Å². The van der Waals surface area contributed by atoms with Crippen LogP contribution in [0.3, 0.4) is 0 Å². The summed E-state index contributed by atoms with van der Waals surface area (Å²) >= 11 is 6.22. The predicted molar refractivity (Wildman–Crippen MR) is 115 cm³/mol. The minimum absolute atomic E-state index is 0.144. The Bertz CT molecular complexity index is 1020. The molecule has 2 aromatic rings. The van der Waals surface area contributed by atoms with Crippen LogP contribution in [0.15, 0.2) is 42.1 Å². The number of nitrogens with zero attached hydrogens (tertiary/aromatic N) is 1. The highest BCUT2D eigenvalue weighted by molar-refractivity contribution is 6.36. The molecule has 2 aromatic carbocycles. The third-order valence-electron chi connectivity index (χ3n) is 4.80. The lowest BCUT2D eigenvalue weighted by molar-refractivity contribution is -0.137. The molecule has 0 atom stereocenters. The Morgan fingerprint density at radius 3 is 2.33 bits per heavy atom. The fourth-order valence-electron chi connectivity index (χ4n) is 3.15. The Morgan fingerprint density at radius 2 is 1.70 bits per heavy atom. The summed E-state index contributed by atoms with van der Waals surface area (Å²) < 4.78 is 15.7. The van der Waals surface area contributed by atoms with E-state index in [9.17, 15) is 9.59 Å². The molecule has 1 aliphatic rings. The van der Waals surface area contributed by atoms with E-state index in [2.05, 4.69) is 5.32 Å². The normalized spacial score (nSPS) is 13.8. The van der Waals surface area contributed by atoms with Gasteiger partial charge in [0.2, 0.25) is 0 Å². The van der Waals surface area contributed by atoms with E-state index in [1.54, 1.807) is 30.3 Å². The van der Waals surface area contributed by atoms with Crippen LogP contribution in [0.25, 0.3) is 5.57 Å². The number of benzene rings is 2. The molecule has 7 nitrogen and oxygen atoms in total. The van der Waals surface area contributed by atoms with Crippen molar-refractivity contribution in [1.29, 1.82) is 0 Å². The third kappa shape index (κ3) is 4.13. The fraction of sp³-hybridized carbons (Fsp3) is 0.273. The number of aryl methyl sites for hydroxylation is 1. The molecule has 0 saturated carbocycles. The zero-order valence-electron chi connectivity index (χ0n) is 17.2. The van der Waals surface area contributed by atoms with Crippen LogP contribution in [0.2, 0.25) is 5.02 Å². The van der Waals surface area contributed by atoms with Gasteiger partial charge in [0.15, 0.2) is 11.5 Å². The van der Waals surface area contributed by atoms with Gasteiger partial charge in [-0.2, -0.15) is 0 Å². The molecule has 1 aliphatic heterocycles. The van der Waals surface area contributed by atoms with Crippen molar-refractivity contribution in [3.8, 4) is 11.5 Å². The lowest BCUT2D eigenvalue weighted by Crippen LogP contribution is -2.35. The number of carbonyl (C=O) groups is 2. The van der Waals surface area contributed by atoms with Crippen molar-refractivity contribution >= 4 is 34.7 Å². The Hall–Kier alpha value is -3.03. The SMILES string of the molecule is COCCN1C(=O)C(Nc2ccc(C)c(Cl)c2)=C(c2ccc(OC)c(OC)c2)C1=O. The molecule has 0 spiro atoms. The topological polar surface area (TPSA) is 77.1 Å². The second-order valence-electron chi connectivity index (χ2n) is 6.66. The van der Waals surface area contributed by atoms with E-state index >= 15 is 0 Å². The van der Waals surface area contributed by atoms with Crippen LogP contribution in [0.5, 0.6) is 11.5 Å². The average Bonchev–Trinajstić information content (AvgIpc) is 2.97. The molecule has 0 aliphatic carbocycles. The number of hydrogen-bond donors (Lipinski definition) is 1. The molecule has 1 heterocycles. The van der Waals surface area contributed by atoms with Gasteiger partial charge in [-0.1, -0.05) is 23.7 Å². The van der Waals surface area contributed by atoms with Gasteiger partial charge >= 0.3 is 0 Å². The molecule has 0 saturated heterocycles. The molecule has 0 fully saturated rings. The van der Waals surface area contributed by atoms with Gasteiger partial charge in [0.1, 0.15) is 5.70 Å². The first-order valence-corrected chi connectivity index (χ1v) is 9.64. The van der Waals surface area contributed by atoms with E-state index in [1.165, 1.54) is 21.3 Å². The van der Waals surface area contributed by atoms with E-state index in [-0.39, 0.29) is 24.4 Å². The first-order valence-electron chi connectivity index (χ1n) is 9.26. The lowest BCUT2D eigenvalue weighted by atomic mass is 10.0. The standard InChI is InChI=1S/C22H23ClN2O5/c1-13-5-7-15(12-16(13)23)24-20-19(21(26)25(22(20)27)9-10-28-2)14-6-8-17(29-3)18(11-14)30-4/h5-8,11-12,24H,9-10H2,1-4H3. The van der Waals surface area contributed by atoms with Crippen molar-refractivity contribution in [1.82, 2.24) is 4.90 Å². The summed E-state index contributed by atoms with van der Waals surface area (Å²) in [5, 5.41) is 3.64. The monoisotopic (exact) mass is 430 g/mol. The van der Waals surface area contributed by atoms with E-state index < -0.39 is 11.8 Å². The first kappa shape index (κ1) is 21.7. The maximum absolute atomic E-state index is 13.2. The minimum Gasteiger partial charge on any atom is -0.493 e. The molecular weight excluding hydrogens is 408 g/mol. The fourth-order valence-corrected chi connectivity index (χ4v) is 3.33. The molecule has 0 unspecified atom stereocenters. The summed E-state index contributed by atoms with van der Waals surface area (Å²) in [5.74, 6) is 0.133. The second kappa shape index (κ2) is 9.19. The highest BCUT2D eigenvalue weighted by Gasteiger charge is 2.39. The van der Waals surface area contributed by atoms with Crippen molar-refractivity contribution in [2.75, 3.05) is 39.8 Å². The van der Waals surface area contributed by atoms with Crippen molar-refractivity contribution in [3.63, 3.8) is 0 Å². The maximum atomic E-state index is 13.2.